The number of amides is 1. The molecule has 1 amide bonds. The molecule has 3 N–H and O–H groups in total. The fourth-order valence-corrected chi connectivity index (χ4v) is 2.99. The fraction of sp³-hybridized carbons (Fsp3) is 0. The van der Waals surface area contributed by atoms with Gasteiger partial charge in [0.05, 0.1) is 4.88 Å². The number of carbonyl (C=O) groups is 1. The molecule has 2 aromatic carbocycles. The van der Waals surface area contributed by atoms with Crippen LogP contribution < -0.4 is 11.1 Å². The second-order valence-corrected chi connectivity index (χ2v) is 5.67. The number of nitrogens with two attached hydrogens (primary N) is 1. The number of hydrogen-bond donors (Lipinski definition) is 2. The number of fused-ring (bicyclic) bond motifs is 1. The second-order valence-electron chi connectivity index (χ2n) is 4.59. The number of rotatable bonds is 2. The Morgan fingerprint density at radius 1 is 1.19 bits per heavy atom. The van der Waals surface area contributed by atoms with E-state index in [1.807, 2.05) is 42.5 Å². The molecule has 1 aromatic heterocycles. The Hall–Kier alpha value is -2.77. The molecule has 0 saturated heterocycles. The van der Waals surface area contributed by atoms with Crippen LogP contribution in [0.15, 0.2) is 48.5 Å². The molecule has 4 heteroatoms. The first kappa shape index (κ1) is 13.2. The van der Waals surface area contributed by atoms with Crippen molar-refractivity contribution in [2.45, 2.75) is 0 Å². The number of carbonyl (C=O) groups excluding carboxylic acids is 1. The molecule has 3 rings (SSSR count). The van der Waals surface area contributed by atoms with Gasteiger partial charge in [0, 0.05) is 21.6 Å². The van der Waals surface area contributed by atoms with Gasteiger partial charge in [-0.15, -0.1) is 17.8 Å². The van der Waals surface area contributed by atoms with Crippen LogP contribution in [0.3, 0.4) is 0 Å². The Kier molecular flexibility index (Phi) is 3.35. The summed E-state index contributed by atoms with van der Waals surface area (Å²) in [5.74, 6) is 2.40. The van der Waals surface area contributed by atoms with E-state index in [-0.39, 0.29) is 5.91 Å². The molecular formula is C17H12N2OS. The number of thiophene rings is 1. The third-order valence-corrected chi connectivity index (χ3v) is 4.17. The second kappa shape index (κ2) is 5.31. The Morgan fingerprint density at radius 3 is 2.86 bits per heavy atom. The van der Waals surface area contributed by atoms with Gasteiger partial charge in [-0.1, -0.05) is 12.0 Å². The van der Waals surface area contributed by atoms with Gasteiger partial charge in [-0.3, -0.25) is 4.79 Å². The van der Waals surface area contributed by atoms with Gasteiger partial charge >= 0.3 is 0 Å². The maximum absolute atomic E-state index is 12.3. The third kappa shape index (κ3) is 2.73. The SMILES string of the molecule is C#Cc1cccc(NC(=O)c2cc3cc(N)ccc3s2)c1. The fourth-order valence-electron chi connectivity index (χ4n) is 2.05. The van der Waals surface area contributed by atoms with Crippen LogP contribution in [0.1, 0.15) is 15.2 Å². The molecule has 3 nitrogen and oxygen atoms in total. The van der Waals surface area contributed by atoms with E-state index in [1.54, 1.807) is 6.07 Å². The highest BCUT2D eigenvalue weighted by Gasteiger charge is 2.10. The lowest BCUT2D eigenvalue weighted by Gasteiger charge is -2.03. The molecule has 0 aliphatic carbocycles. The maximum atomic E-state index is 12.3. The van der Waals surface area contributed by atoms with Crippen molar-refractivity contribution >= 4 is 38.7 Å². The predicted molar refractivity (Wildman–Crippen MR) is 88.6 cm³/mol. The number of hydrogen-bond acceptors (Lipinski definition) is 3. The van der Waals surface area contributed by atoms with Gasteiger partial charge in [-0.2, -0.15) is 0 Å². The van der Waals surface area contributed by atoms with Crippen molar-refractivity contribution in [3.8, 4) is 12.3 Å². The standard InChI is InChI=1S/C17H12N2OS/c1-2-11-4-3-5-14(8-11)19-17(20)16-10-12-9-13(18)6-7-15(12)21-16/h1,3-10H,18H2,(H,19,20). The molecule has 0 aliphatic heterocycles. The summed E-state index contributed by atoms with van der Waals surface area (Å²) in [7, 11) is 0. The van der Waals surface area contributed by atoms with Crippen LogP contribution in [-0.4, -0.2) is 5.91 Å². The summed E-state index contributed by atoms with van der Waals surface area (Å²) in [6, 6.07) is 14.7. The molecule has 0 spiro atoms. The monoisotopic (exact) mass is 292 g/mol. The number of benzene rings is 2. The Bertz CT molecular complexity index is 874. The van der Waals surface area contributed by atoms with Crippen LogP contribution in [0.25, 0.3) is 10.1 Å². The molecule has 0 bridgehead atoms. The largest absolute Gasteiger partial charge is 0.399 e. The molecule has 0 atom stereocenters. The van der Waals surface area contributed by atoms with E-state index in [0.29, 0.717) is 16.3 Å². The molecule has 3 aromatic rings. The predicted octanol–water partition coefficient (Wildman–Crippen LogP) is 3.72. The first-order chi connectivity index (χ1) is 10.2. The van der Waals surface area contributed by atoms with Crippen LogP contribution in [0.5, 0.6) is 0 Å². The molecular weight excluding hydrogens is 280 g/mol. The lowest BCUT2D eigenvalue weighted by molar-refractivity contribution is 0.103. The minimum atomic E-state index is -0.149. The minimum absolute atomic E-state index is 0.149. The normalized spacial score (nSPS) is 10.2. The van der Waals surface area contributed by atoms with Gasteiger partial charge in [-0.25, -0.2) is 0 Å². The number of nitrogen functional groups attached to an aromatic ring is 1. The van der Waals surface area contributed by atoms with Gasteiger partial charge < -0.3 is 11.1 Å². The van der Waals surface area contributed by atoms with E-state index < -0.39 is 0 Å². The van der Waals surface area contributed by atoms with Crippen LogP contribution in [0.4, 0.5) is 11.4 Å². The zero-order valence-electron chi connectivity index (χ0n) is 11.1. The minimum Gasteiger partial charge on any atom is -0.399 e. The molecule has 0 unspecified atom stereocenters. The summed E-state index contributed by atoms with van der Waals surface area (Å²) in [4.78, 5) is 12.9. The van der Waals surface area contributed by atoms with Crippen molar-refractivity contribution in [2.24, 2.45) is 0 Å². The van der Waals surface area contributed by atoms with Gasteiger partial charge in [0.15, 0.2) is 0 Å². The summed E-state index contributed by atoms with van der Waals surface area (Å²) in [6.07, 6.45) is 5.35. The molecule has 0 fully saturated rings. The maximum Gasteiger partial charge on any atom is 0.265 e. The molecule has 0 aliphatic rings. The smallest absolute Gasteiger partial charge is 0.265 e. The average Bonchev–Trinajstić information content (AvgIpc) is 2.90. The van der Waals surface area contributed by atoms with Gasteiger partial charge in [-0.05, 0) is 47.9 Å². The third-order valence-electron chi connectivity index (χ3n) is 3.05. The quantitative estimate of drug-likeness (QED) is 0.558. The number of anilines is 2. The topological polar surface area (TPSA) is 55.1 Å². The Morgan fingerprint density at radius 2 is 2.05 bits per heavy atom. The van der Waals surface area contributed by atoms with E-state index in [0.717, 1.165) is 15.6 Å². The summed E-state index contributed by atoms with van der Waals surface area (Å²) in [5.41, 5.74) is 7.86. The number of nitrogens with one attached hydrogen (secondary N) is 1. The summed E-state index contributed by atoms with van der Waals surface area (Å²) < 4.78 is 1.03. The lowest BCUT2D eigenvalue weighted by atomic mass is 10.2. The zero-order valence-corrected chi connectivity index (χ0v) is 11.9. The van der Waals surface area contributed by atoms with Crippen molar-refractivity contribution in [2.75, 3.05) is 11.1 Å². The first-order valence-electron chi connectivity index (χ1n) is 6.33. The Labute approximate surface area is 126 Å². The van der Waals surface area contributed by atoms with Gasteiger partial charge in [0.25, 0.3) is 5.91 Å². The van der Waals surface area contributed by atoms with Crippen molar-refractivity contribution in [1.82, 2.24) is 0 Å². The average molecular weight is 292 g/mol. The van der Waals surface area contributed by atoms with E-state index in [1.165, 1.54) is 11.3 Å². The highest BCUT2D eigenvalue weighted by molar-refractivity contribution is 7.20. The van der Waals surface area contributed by atoms with Crippen LogP contribution >= 0.6 is 11.3 Å². The highest BCUT2D eigenvalue weighted by Crippen LogP contribution is 2.28. The molecule has 1 heterocycles. The summed E-state index contributed by atoms with van der Waals surface area (Å²) >= 11 is 1.44. The molecule has 0 saturated carbocycles. The van der Waals surface area contributed by atoms with E-state index in [4.69, 9.17) is 12.2 Å². The van der Waals surface area contributed by atoms with Crippen molar-refractivity contribution in [1.29, 1.82) is 0 Å². The van der Waals surface area contributed by atoms with E-state index in [2.05, 4.69) is 11.2 Å². The first-order valence-corrected chi connectivity index (χ1v) is 7.14. The van der Waals surface area contributed by atoms with E-state index in [9.17, 15) is 4.79 Å². The van der Waals surface area contributed by atoms with Crippen molar-refractivity contribution in [3.05, 3.63) is 59.0 Å². The van der Waals surface area contributed by atoms with Crippen LogP contribution in [-0.2, 0) is 0 Å². The molecule has 102 valence electrons. The summed E-state index contributed by atoms with van der Waals surface area (Å²) in [6.45, 7) is 0. The zero-order chi connectivity index (χ0) is 14.8. The lowest BCUT2D eigenvalue weighted by Crippen LogP contribution is -2.09. The molecule has 21 heavy (non-hydrogen) atoms. The summed E-state index contributed by atoms with van der Waals surface area (Å²) in [5, 5.41) is 3.83. The Balaban J connectivity index is 1.88. The van der Waals surface area contributed by atoms with E-state index >= 15 is 0 Å². The van der Waals surface area contributed by atoms with Crippen molar-refractivity contribution in [3.63, 3.8) is 0 Å². The van der Waals surface area contributed by atoms with Crippen LogP contribution in [0, 0.1) is 12.3 Å². The van der Waals surface area contributed by atoms with Gasteiger partial charge in [0.2, 0.25) is 0 Å². The van der Waals surface area contributed by atoms with Gasteiger partial charge in [0.1, 0.15) is 0 Å². The highest BCUT2D eigenvalue weighted by atomic mass is 32.1. The van der Waals surface area contributed by atoms with Crippen LogP contribution in [0.2, 0.25) is 0 Å². The number of terminal acetylenes is 1. The molecule has 0 radical (unpaired) electrons. The van der Waals surface area contributed by atoms with Crippen molar-refractivity contribution < 1.29 is 4.79 Å².